The highest BCUT2D eigenvalue weighted by molar-refractivity contribution is 5.85. The summed E-state index contributed by atoms with van der Waals surface area (Å²) in [6.45, 7) is 2.00. The van der Waals surface area contributed by atoms with Crippen molar-refractivity contribution in [3.63, 3.8) is 0 Å². The number of fused-ring (bicyclic) bond motifs is 1. The van der Waals surface area contributed by atoms with Gasteiger partial charge in [0.25, 0.3) is 0 Å². The molecule has 12 heavy (non-hydrogen) atoms. The molecule has 0 aliphatic rings. The maximum atomic E-state index is 8.00. The van der Waals surface area contributed by atoms with Gasteiger partial charge in [-0.1, -0.05) is 11.3 Å². The molecule has 0 fully saturated rings. The molecule has 0 saturated carbocycles. The van der Waals surface area contributed by atoms with Crippen LogP contribution in [-0.2, 0) is 4.79 Å². The molecule has 0 bridgehead atoms. The van der Waals surface area contributed by atoms with Crippen molar-refractivity contribution >= 4 is 23.5 Å². The first-order valence-electron chi connectivity index (χ1n) is 3.22. The van der Waals surface area contributed by atoms with E-state index in [-0.39, 0.29) is 0 Å². The Hall–Kier alpha value is -1.91. The third-order valence-electron chi connectivity index (χ3n) is 1.39. The smallest absolute Gasteiger partial charge is 0.135 e. The number of aromatic nitrogens is 3. The number of H-pyrrole nitrogens is 1. The number of nitrogens with one attached hydrogen (secondary N) is 1. The first-order valence-corrected chi connectivity index (χ1v) is 3.22. The topological polar surface area (TPSA) is 84.7 Å². The molecule has 0 aliphatic carbocycles. The van der Waals surface area contributed by atoms with Crippen LogP contribution in [0.1, 0.15) is 0 Å². The number of nitrogens with two attached hydrogens (primary N) is 1. The monoisotopic (exact) mass is 164 g/mol. The van der Waals surface area contributed by atoms with Crippen molar-refractivity contribution in [2.45, 2.75) is 0 Å². The Morgan fingerprint density at radius 2 is 2.17 bits per heavy atom. The average molecular weight is 164 g/mol. The van der Waals surface area contributed by atoms with E-state index < -0.39 is 0 Å². The largest absolute Gasteiger partial charge is 0.397 e. The molecule has 62 valence electrons. The van der Waals surface area contributed by atoms with Crippen LogP contribution >= 0.6 is 0 Å². The van der Waals surface area contributed by atoms with Crippen LogP contribution in [0.25, 0.3) is 11.0 Å². The third-order valence-corrected chi connectivity index (χ3v) is 1.39. The molecule has 5 heteroatoms. The summed E-state index contributed by atoms with van der Waals surface area (Å²) in [5, 5.41) is 10.1. The molecular weight excluding hydrogens is 156 g/mol. The molecule has 0 unspecified atom stereocenters. The van der Waals surface area contributed by atoms with Gasteiger partial charge in [0, 0.05) is 0 Å². The lowest BCUT2D eigenvalue weighted by atomic mass is 10.3. The van der Waals surface area contributed by atoms with Crippen LogP contribution in [0.5, 0.6) is 0 Å². The lowest BCUT2D eigenvalue weighted by molar-refractivity contribution is -0.0979. The molecule has 2 rings (SSSR count). The predicted molar refractivity (Wildman–Crippen MR) is 45.4 cm³/mol. The van der Waals surface area contributed by atoms with Gasteiger partial charge in [-0.3, -0.25) is 5.10 Å². The van der Waals surface area contributed by atoms with E-state index in [0.29, 0.717) is 5.69 Å². The number of rotatable bonds is 0. The predicted octanol–water partition coefficient (Wildman–Crippen LogP) is 0.355. The van der Waals surface area contributed by atoms with Gasteiger partial charge < -0.3 is 10.5 Å². The number of hydrogen-bond acceptors (Lipinski definition) is 4. The summed E-state index contributed by atoms with van der Waals surface area (Å²) in [5.41, 5.74) is 7.85. The van der Waals surface area contributed by atoms with E-state index >= 15 is 0 Å². The first-order chi connectivity index (χ1) is 5.88. The molecular formula is C7H8N4O. The van der Waals surface area contributed by atoms with Gasteiger partial charge in [-0.2, -0.15) is 0 Å². The van der Waals surface area contributed by atoms with Gasteiger partial charge in [0.2, 0.25) is 0 Å². The number of anilines is 1. The van der Waals surface area contributed by atoms with Crippen LogP contribution in [0.15, 0.2) is 18.2 Å². The van der Waals surface area contributed by atoms with E-state index in [1.54, 1.807) is 6.07 Å². The Bertz CT molecular complexity index is 370. The molecule has 2 aromatic rings. The highest BCUT2D eigenvalue weighted by Crippen LogP contribution is 2.13. The van der Waals surface area contributed by atoms with Crippen LogP contribution in [0.4, 0.5) is 5.69 Å². The van der Waals surface area contributed by atoms with E-state index in [9.17, 15) is 0 Å². The highest BCUT2D eigenvalue weighted by atomic mass is 16.1. The van der Waals surface area contributed by atoms with Crippen LogP contribution in [0, 0.1) is 0 Å². The first kappa shape index (κ1) is 8.19. The van der Waals surface area contributed by atoms with Crippen molar-refractivity contribution in [3.8, 4) is 0 Å². The fourth-order valence-corrected chi connectivity index (χ4v) is 0.892. The van der Waals surface area contributed by atoms with Crippen molar-refractivity contribution < 1.29 is 4.79 Å². The average Bonchev–Trinajstić information content (AvgIpc) is 2.57. The molecule has 0 spiro atoms. The second kappa shape index (κ2) is 3.47. The van der Waals surface area contributed by atoms with Crippen LogP contribution < -0.4 is 5.73 Å². The molecule has 5 nitrogen and oxygen atoms in total. The number of nitrogen functional groups attached to an aromatic ring is 1. The molecule has 0 amide bonds. The molecule has 0 aliphatic heterocycles. The van der Waals surface area contributed by atoms with E-state index in [1.165, 1.54) is 0 Å². The molecule has 3 N–H and O–H groups in total. The van der Waals surface area contributed by atoms with Gasteiger partial charge in [-0.05, 0) is 12.1 Å². The zero-order chi connectivity index (χ0) is 8.97. The van der Waals surface area contributed by atoms with E-state index in [0.717, 1.165) is 11.0 Å². The molecule has 1 aromatic carbocycles. The van der Waals surface area contributed by atoms with E-state index in [4.69, 9.17) is 10.5 Å². The standard InChI is InChI=1S/C6H6N4.CH2O/c7-4-2-1-3-5-6(4)9-10-8-5;1-2/h1-3H,7H2,(H,8,9,10);1H2. The molecule has 0 radical (unpaired) electrons. The van der Waals surface area contributed by atoms with Crippen molar-refractivity contribution in [1.29, 1.82) is 0 Å². The fraction of sp³-hybridized carbons (Fsp3) is 0. The minimum absolute atomic E-state index is 0.659. The Morgan fingerprint density at radius 3 is 2.83 bits per heavy atom. The lowest BCUT2D eigenvalue weighted by Crippen LogP contribution is -1.84. The SMILES string of the molecule is C=O.Nc1cccc2[nH]nnc12. The summed E-state index contributed by atoms with van der Waals surface area (Å²) >= 11 is 0. The van der Waals surface area contributed by atoms with Crippen molar-refractivity contribution in [2.75, 3.05) is 5.73 Å². The Morgan fingerprint density at radius 1 is 1.42 bits per heavy atom. The van der Waals surface area contributed by atoms with Gasteiger partial charge >= 0.3 is 0 Å². The van der Waals surface area contributed by atoms with Crippen LogP contribution in [0.2, 0.25) is 0 Å². The van der Waals surface area contributed by atoms with Gasteiger partial charge in [0.15, 0.2) is 0 Å². The van der Waals surface area contributed by atoms with Gasteiger partial charge in [0.1, 0.15) is 12.3 Å². The Balaban J connectivity index is 0.000000336. The maximum absolute atomic E-state index is 8.00. The fourth-order valence-electron chi connectivity index (χ4n) is 0.892. The summed E-state index contributed by atoms with van der Waals surface area (Å²) in [7, 11) is 0. The van der Waals surface area contributed by atoms with E-state index in [2.05, 4.69) is 15.4 Å². The Kier molecular flexibility index (Phi) is 2.37. The summed E-state index contributed by atoms with van der Waals surface area (Å²) in [6, 6.07) is 5.54. The highest BCUT2D eigenvalue weighted by Gasteiger charge is 1.97. The van der Waals surface area contributed by atoms with Gasteiger partial charge in [-0.25, -0.2) is 0 Å². The minimum atomic E-state index is 0.659. The van der Waals surface area contributed by atoms with Crippen molar-refractivity contribution in [1.82, 2.24) is 15.4 Å². The number of carbonyl (C=O) groups excluding carboxylic acids is 1. The summed E-state index contributed by atoms with van der Waals surface area (Å²) in [4.78, 5) is 8.00. The summed E-state index contributed by atoms with van der Waals surface area (Å²) in [6.07, 6.45) is 0. The molecule has 1 aromatic heterocycles. The van der Waals surface area contributed by atoms with Crippen molar-refractivity contribution in [2.24, 2.45) is 0 Å². The van der Waals surface area contributed by atoms with Crippen molar-refractivity contribution in [3.05, 3.63) is 18.2 Å². The second-order valence-corrected chi connectivity index (χ2v) is 2.06. The number of nitrogens with zero attached hydrogens (tertiary/aromatic N) is 2. The number of hydrogen-bond donors (Lipinski definition) is 2. The summed E-state index contributed by atoms with van der Waals surface area (Å²) in [5.74, 6) is 0. The van der Waals surface area contributed by atoms with E-state index in [1.807, 2.05) is 18.9 Å². The van der Waals surface area contributed by atoms with Gasteiger partial charge in [-0.15, -0.1) is 5.10 Å². The Labute approximate surface area is 68.6 Å². The zero-order valence-corrected chi connectivity index (χ0v) is 6.32. The normalized spacial score (nSPS) is 9.00. The van der Waals surface area contributed by atoms with Crippen LogP contribution in [0.3, 0.4) is 0 Å². The third kappa shape index (κ3) is 1.24. The lowest BCUT2D eigenvalue weighted by Gasteiger charge is -1.89. The number of aromatic amines is 1. The minimum Gasteiger partial charge on any atom is -0.397 e. The van der Waals surface area contributed by atoms with Crippen LogP contribution in [-0.4, -0.2) is 22.2 Å². The number of carbonyl (C=O) groups is 1. The molecule has 0 atom stereocenters. The number of benzene rings is 1. The summed E-state index contributed by atoms with van der Waals surface area (Å²) < 4.78 is 0. The second-order valence-electron chi connectivity index (χ2n) is 2.06. The molecule has 0 saturated heterocycles. The maximum Gasteiger partial charge on any atom is 0.135 e. The van der Waals surface area contributed by atoms with Gasteiger partial charge in [0.05, 0.1) is 11.2 Å². The molecule has 1 heterocycles. The zero-order valence-electron chi connectivity index (χ0n) is 6.32. The quantitative estimate of drug-likeness (QED) is 0.550.